The summed E-state index contributed by atoms with van der Waals surface area (Å²) in [7, 11) is 3.34. The topological polar surface area (TPSA) is 59.1 Å². The first kappa shape index (κ1) is 13.6. The molecular weight excluding hydrogens is 224 g/mol. The average molecular weight is 244 g/mol. The number of amides is 2. The van der Waals surface area contributed by atoms with Gasteiger partial charge >= 0.3 is 12.2 Å². The van der Waals surface area contributed by atoms with Gasteiger partial charge in [-0.3, -0.25) is 4.90 Å². The van der Waals surface area contributed by atoms with E-state index in [9.17, 15) is 9.59 Å². The predicted octanol–water partition coefficient (Wildman–Crippen LogP) is 1.65. The van der Waals surface area contributed by atoms with Crippen LogP contribution in [0.1, 0.15) is 26.7 Å². The number of carbonyl (C=O) groups excluding carboxylic acids is 2. The molecule has 2 amide bonds. The van der Waals surface area contributed by atoms with Crippen LogP contribution in [0.3, 0.4) is 0 Å². The van der Waals surface area contributed by atoms with Gasteiger partial charge in [0, 0.05) is 26.6 Å². The maximum Gasteiger partial charge on any atom is 0.510 e. The Bertz CT molecular complexity index is 295. The molecule has 1 rings (SSSR count). The van der Waals surface area contributed by atoms with Crippen LogP contribution in [-0.4, -0.2) is 55.0 Å². The van der Waals surface area contributed by atoms with E-state index in [-0.39, 0.29) is 12.1 Å². The van der Waals surface area contributed by atoms with Crippen molar-refractivity contribution in [1.29, 1.82) is 0 Å². The Morgan fingerprint density at radius 2 is 2.06 bits per heavy atom. The molecular formula is C11H20N2O4. The van der Waals surface area contributed by atoms with Gasteiger partial charge in [-0.15, -0.1) is 0 Å². The Labute approximate surface area is 101 Å². The molecule has 0 spiro atoms. The summed E-state index contributed by atoms with van der Waals surface area (Å²) in [5.74, 6) is 0. The maximum atomic E-state index is 11.8. The Balaban J connectivity index is 2.53. The van der Waals surface area contributed by atoms with Gasteiger partial charge in [0.05, 0.1) is 6.61 Å². The zero-order chi connectivity index (χ0) is 13.0. The fourth-order valence-corrected chi connectivity index (χ4v) is 1.63. The molecule has 2 atom stereocenters. The number of ether oxygens (including phenoxy) is 2. The van der Waals surface area contributed by atoms with E-state index in [1.165, 1.54) is 4.90 Å². The van der Waals surface area contributed by atoms with E-state index in [1.807, 2.05) is 13.8 Å². The summed E-state index contributed by atoms with van der Waals surface area (Å²) in [5.41, 5.74) is 0. The fraction of sp³-hybridized carbons (Fsp3) is 0.818. The van der Waals surface area contributed by atoms with Crippen molar-refractivity contribution in [3.63, 3.8) is 0 Å². The summed E-state index contributed by atoms with van der Waals surface area (Å²) in [6.45, 7) is 4.15. The fourth-order valence-electron chi connectivity index (χ4n) is 1.63. The van der Waals surface area contributed by atoms with E-state index in [0.29, 0.717) is 13.0 Å². The molecule has 1 heterocycles. The molecule has 17 heavy (non-hydrogen) atoms. The number of nitrogens with zero attached hydrogens (tertiary/aromatic N) is 2. The molecule has 98 valence electrons. The lowest BCUT2D eigenvalue weighted by Gasteiger charge is -2.40. The van der Waals surface area contributed by atoms with Gasteiger partial charge in [0.15, 0.2) is 6.23 Å². The molecule has 0 saturated carbocycles. The molecule has 0 aromatic heterocycles. The van der Waals surface area contributed by atoms with Gasteiger partial charge in [-0.2, -0.15) is 0 Å². The molecule has 0 radical (unpaired) electrons. The second-order valence-electron chi connectivity index (χ2n) is 4.26. The minimum Gasteiger partial charge on any atom is -0.434 e. The largest absolute Gasteiger partial charge is 0.510 e. The molecule has 0 N–H and O–H groups in total. The van der Waals surface area contributed by atoms with Crippen LogP contribution >= 0.6 is 0 Å². The van der Waals surface area contributed by atoms with Gasteiger partial charge in [-0.25, -0.2) is 9.59 Å². The van der Waals surface area contributed by atoms with E-state index in [1.54, 1.807) is 19.0 Å². The van der Waals surface area contributed by atoms with Gasteiger partial charge in [0.2, 0.25) is 0 Å². The lowest BCUT2D eigenvalue weighted by Crippen LogP contribution is -2.56. The quantitative estimate of drug-likeness (QED) is 0.708. The standard InChI is InChI=1S/C11H20N2O4/c1-5-6-16-11(15)17-9-7-8(2)12(3)10(14)13(9)4/h8-9H,5-7H2,1-4H3. The second kappa shape index (κ2) is 5.75. The van der Waals surface area contributed by atoms with Gasteiger partial charge in [0.1, 0.15) is 0 Å². The Morgan fingerprint density at radius 3 is 2.65 bits per heavy atom. The molecule has 0 aromatic rings. The predicted molar refractivity (Wildman–Crippen MR) is 61.5 cm³/mol. The van der Waals surface area contributed by atoms with Crippen LogP contribution in [0.2, 0.25) is 0 Å². The lowest BCUT2D eigenvalue weighted by molar-refractivity contribution is -0.0549. The normalized spacial score (nSPS) is 24.8. The van der Waals surface area contributed by atoms with Crippen molar-refractivity contribution in [2.24, 2.45) is 0 Å². The van der Waals surface area contributed by atoms with E-state index in [2.05, 4.69) is 0 Å². The van der Waals surface area contributed by atoms with Crippen LogP contribution in [-0.2, 0) is 9.47 Å². The molecule has 1 fully saturated rings. The van der Waals surface area contributed by atoms with Crippen LogP contribution in [0.4, 0.5) is 9.59 Å². The van der Waals surface area contributed by atoms with Gasteiger partial charge in [-0.05, 0) is 13.3 Å². The number of hydrogen-bond donors (Lipinski definition) is 0. The highest BCUT2D eigenvalue weighted by atomic mass is 16.7. The molecule has 6 nitrogen and oxygen atoms in total. The van der Waals surface area contributed by atoms with Crippen LogP contribution in [0.5, 0.6) is 0 Å². The van der Waals surface area contributed by atoms with Crippen LogP contribution in [0, 0.1) is 0 Å². The third-order valence-electron chi connectivity index (χ3n) is 2.90. The minimum atomic E-state index is -0.715. The molecule has 1 aliphatic rings. The summed E-state index contributed by atoms with van der Waals surface area (Å²) >= 11 is 0. The van der Waals surface area contributed by atoms with Gasteiger partial charge in [0.25, 0.3) is 0 Å². The summed E-state index contributed by atoms with van der Waals surface area (Å²) in [6, 6.07) is -0.111. The Kier molecular flexibility index (Phi) is 4.60. The summed E-state index contributed by atoms with van der Waals surface area (Å²) in [4.78, 5) is 26.1. The molecule has 1 aliphatic heterocycles. The maximum absolute atomic E-state index is 11.8. The van der Waals surface area contributed by atoms with E-state index < -0.39 is 12.4 Å². The minimum absolute atomic E-state index is 0.0441. The van der Waals surface area contributed by atoms with Crippen molar-refractivity contribution in [1.82, 2.24) is 9.80 Å². The number of hydrogen-bond acceptors (Lipinski definition) is 4. The SMILES string of the molecule is CCCOC(=O)OC1CC(C)N(C)C(=O)N1C. The number of urea groups is 1. The first-order valence-corrected chi connectivity index (χ1v) is 5.80. The van der Waals surface area contributed by atoms with Crippen molar-refractivity contribution in [3.05, 3.63) is 0 Å². The summed E-state index contributed by atoms with van der Waals surface area (Å²) in [5, 5.41) is 0. The van der Waals surface area contributed by atoms with Crippen LogP contribution in [0.25, 0.3) is 0 Å². The van der Waals surface area contributed by atoms with Gasteiger partial charge in [-0.1, -0.05) is 6.92 Å². The molecule has 2 unspecified atom stereocenters. The molecule has 0 bridgehead atoms. The first-order valence-electron chi connectivity index (χ1n) is 5.80. The monoisotopic (exact) mass is 244 g/mol. The van der Waals surface area contributed by atoms with Crippen molar-refractivity contribution in [2.75, 3.05) is 20.7 Å². The lowest BCUT2D eigenvalue weighted by atomic mass is 10.1. The molecule has 6 heteroatoms. The number of rotatable bonds is 3. The second-order valence-corrected chi connectivity index (χ2v) is 4.26. The smallest absolute Gasteiger partial charge is 0.434 e. The zero-order valence-electron chi connectivity index (χ0n) is 10.8. The Hall–Kier alpha value is -1.46. The van der Waals surface area contributed by atoms with Crippen molar-refractivity contribution >= 4 is 12.2 Å². The molecule has 1 saturated heterocycles. The van der Waals surface area contributed by atoms with Crippen LogP contribution < -0.4 is 0 Å². The highest BCUT2D eigenvalue weighted by Gasteiger charge is 2.35. The highest BCUT2D eigenvalue weighted by molar-refractivity contribution is 5.75. The van der Waals surface area contributed by atoms with Crippen molar-refractivity contribution in [2.45, 2.75) is 39.0 Å². The first-order chi connectivity index (χ1) is 7.97. The van der Waals surface area contributed by atoms with E-state index >= 15 is 0 Å². The third kappa shape index (κ3) is 3.25. The summed E-state index contributed by atoms with van der Waals surface area (Å²) in [6.07, 6.45) is 0.0690. The van der Waals surface area contributed by atoms with Crippen molar-refractivity contribution in [3.8, 4) is 0 Å². The van der Waals surface area contributed by atoms with Crippen molar-refractivity contribution < 1.29 is 19.1 Å². The number of carbonyl (C=O) groups is 2. The third-order valence-corrected chi connectivity index (χ3v) is 2.90. The zero-order valence-corrected chi connectivity index (χ0v) is 10.8. The van der Waals surface area contributed by atoms with E-state index in [4.69, 9.17) is 9.47 Å². The van der Waals surface area contributed by atoms with Crippen LogP contribution in [0.15, 0.2) is 0 Å². The van der Waals surface area contributed by atoms with Gasteiger partial charge < -0.3 is 14.4 Å². The average Bonchev–Trinajstić information content (AvgIpc) is 2.30. The molecule has 0 aliphatic carbocycles. The molecule has 0 aromatic carbocycles. The highest BCUT2D eigenvalue weighted by Crippen LogP contribution is 2.20. The Morgan fingerprint density at radius 1 is 1.41 bits per heavy atom. The summed E-state index contributed by atoms with van der Waals surface area (Å²) < 4.78 is 9.94. The van der Waals surface area contributed by atoms with E-state index in [0.717, 1.165) is 6.42 Å².